The molecule has 0 aliphatic carbocycles. The number of unbranched alkanes of at least 4 members (excludes halogenated alkanes) is 10. The first kappa shape index (κ1) is 30.1. The number of carbonyl (C=O) groups excluding carboxylic acids is 3. The van der Waals surface area contributed by atoms with E-state index in [0.29, 0.717) is 19.5 Å². The molecule has 0 radical (unpaired) electrons. The largest absolute Gasteiger partial charge is 0.356 e. The zero-order chi connectivity index (χ0) is 23.9. The summed E-state index contributed by atoms with van der Waals surface area (Å²) in [6, 6.07) is -0.691. The fraction of sp³-hybridized carbons (Fsp3) is 0.808. The number of allylic oxidation sites excluding steroid dienone is 1. The van der Waals surface area contributed by atoms with Crippen molar-refractivity contribution in [2.24, 2.45) is 0 Å². The average molecular weight is 452 g/mol. The van der Waals surface area contributed by atoms with Gasteiger partial charge in [0.1, 0.15) is 6.04 Å². The van der Waals surface area contributed by atoms with Gasteiger partial charge in [-0.1, -0.05) is 84.6 Å². The van der Waals surface area contributed by atoms with Crippen molar-refractivity contribution in [1.82, 2.24) is 16.0 Å². The van der Waals surface area contributed by atoms with Crippen molar-refractivity contribution in [1.29, 1.82) is 0 Å². The van der Waals surface area contributed by atoms with Crippen molar-refractivity contribution in [2.45, 2.75) is 123 Å². The zero-order valence-electron chi connectivity index (χ0n) is 21.0. The van der Waals surface area contributed by atoms with Crippen molar-refractivity contribution < 1.29 is 14.4 Å². The number of nitrogens with one attached hydrogen (secondary N) is 3. The molecule has 0 heterocycles. The van der Waals surface area contributed by atoms with Crippen LogP contribution in [0.25, 0.3) is 0 Å². The lowest BCUT2D eigenvalue weighted by Gasteiger charge is -2.17. The third-order valence-corrected chi connectivity index (χ3v) is 5.47. The minimum atomic E-state index is -0.691. The predicted octanol–water partition coefficient (Wildman–Crippen LogP) is 5.17. The SMILES string of the molecule is CCCCCCCCCC/C=C/C(=O)N[C@@H](CCC(=O)NCCCC)C(=O)NCCCC. The van der Waals surface area contributed by atoms with Crippen LogP contribution in [0.15, 0.2) is 12.2 Å². The van der Waals surface area contributed by atoms with Gasteiger partial charge in [0.25, 0.3) is 0 Å². The van der Waals surface area contributed by atoms with Crippen LogP contribution in [0.4, 0.5) is 0 Å². The molecule has 0 rings (SSSR count). The molecule has 0 aromatic heterocycles. The van der Waals surface area contributed by atoms with E-state index in [1.165, 1.54) is 51.0 Å². The molecule has 0 unspecified atom stereocenters. The Morgan fingerprint density at radius 2 is 1.28 bits per heavy atom. The van der Waals surface area contributed by atoms with Crippen molar-refractivity contribution in [3.05, 3.63) is 12.2 Å². The maximum atomic E-state index is 12.5. The van der Waals surface area contributed by atoms with E-state index >= 15 is 0 Å². The van der Waals surface area contributed by atoms with Gasteiger partial charge in [-0.2, -0.15) is 0 Å². The van der Waals surface area contributed by atoms with Gasteiger partial charge in [0, 0.05) is 19.5 Å². The third kappa shape index (κ3) is 18.9. The molecule has 0 aliphatic heterocycles. The van der Waals surface area contributed by atoms with Gasteiger partial charge >= 0.3 is 0 Å². The molecular weight excluding hydrogens is 402 g/mol. The van der Waals surface area contributed by atoms with Crippen molar-refractivity contribution >= 4 is 17.7 Å². The molecule has 32 heavy (non-hydrogen) atoms. The van der Waals surface area contributed by atoms with Crippen molar-refractivity contribution in [3.63, 3.8) is 0 Å². The Morgan fingerprint density at radius 3 is 1.91 bits per heavy atom. The first-order chi connectivity index (χ1) is 15.5. The maximum Gasteiger partial charge on any atom is 0.244 e. The molecule has 186 valence electrons. The molecule has 0 fully saturated rings. The fourth-order valence-corrected chi connectivity index (χ4v) is 3.36. The first-order valence-electron chi connectivity index (χ1n) is 13.1. The summed E-state index contributed by atoms with van der Waals surface area (Å²) in [5, 5.41) is 8.50. The second-order valence-corrected chi connectivity index (χ2v) is 8.61. The minimum Gasteiger partial charge on any atom is -0.356 e. The Labute approximate surface area is 196 Å². The molecule has 1 atom stereocenters. The first-order valence-corrected chi connectivity index (χ1v) is 13.1. The Balaban J connectivity index is 4.32. The van der Waals surface area contributed by atoms with Crippen molar-refractivity contribution in [2.75, 3.05) is 13.1 Å². The van der Waals surface area contributed by atoms with E-state index in [0.717, 1.165) is 38.5 Å². The monoisotopic (exact) mass is 451 g/mol. The Hall–Kier alpha value is -1.85. The Kier molecular flexibility index (Phi) is 21.1. The average Bonchev–Trinajstić information content (AvgIpc) is 2.78. The van der Waals surface area contributed by atoms with Gasteiger partial charge < -0.3 is 16.0 Å². The normalized spacial score (nSPS) is 12.0. The van der Waals surface area contributed by atoms with Gasteiger partial charge in [-0.3, -0.25) is 14.4 Å². The van der Waals surface area contributed by atoms with Crippen LogP contribution in [0.2, 0.25) is 0 Å². The van der Waals surface area contributed by atoms with Gasteiger partial charge in [0.15, 0.2) is 0 Å². The number of amides is 3. The highest BCUT2D eigenvalue weighted by Crippen LogP contribution is 2.09. The Morgan fingerprint density at radius 1 is 0.719 bits per heavy atom. The predicted molar refractivity (Wildman–Crippen MR) is 133 cm³/mol. The number of carbonyl (C=O) groups is 3. The second-order valence-electron chi connectivity index (χ2n) is 8.61. The van der Waals surface area contributed by atoms with Gasteiger partial charge in [0.2, 0.25) is 17.7 Å². The smallest absolute Gasteiger partial charge is 0.244 e. The van der Waals surface area contributed by atoms with Gasteiger partial charge in [-0.15, -0.1) is 0 Å². The van der Waals surface area contributed by atoms with E-state index in [9.17, 15) is 14.4 Å². The summed E-state index contributed by atoms with van der Waals surface area (Å²) in [4.78, 5) is 36.8. The van der Waals surface area contributed by atoms with Crippen molar-refractivity contribution in [3.8, 4) is 0 Å². The summed E-state index contributed by atoms with van der Waals surface area (Å²) in [7, 11) is 0. The molecule has 0 aromatic rings. The summed E-state index contributed by atoms with van der Waals surface area (Å²) in [6.07, 6.45) is 18.7. The second kappa shape index (κ2) is 22.3. The molecule has 0 saturated heterocycles. The molecule has 0 bridgehead atoms. The number of rotatable bonds is 21. The molecule has 0 spiro atoms. The van der Waals surface area contributed by atoms with Crippen LogP contribution < -0.4 is 16.0 Å². The van der Waals surface area contributed by atoms with Crippen LogP contribution >= 0.6 is 0 Å². The van der Waals surface area contributed by atoms with E-state index < -0.39 is 6.04 Å². The highest BCUT2D eigenvalue weighted by molar-refractivity contribution is 5.93. The lowest BCUT2D eigenvalue weighted by atomic mass is 10.1. The van der Waals surface area contributed by atoms with Crippen LogP contribution in [0.1, 0.15) is 117 Å². The Bertz CT molecular complexity index is 520. The minimum absolute atomic E-state index is 0.0794. The highest BCUT2D eigenvalue weighted by Gasteiger charge is 2.20. The van der Waals surface area contributed by atoms with Crippen LogP contribution in [-0.2, 0) is 14.4 Å². The molecular formula is C26H49N3O3. The molecule has 6 heteroatoms. The van der Waals surface area contributed by atoms with Crippen LogP contribution in [0.3, 0.4) is 0 Å². The lowest BCUT2D eigenvalue weighted by molar-refractivity contribution is -0.128. The fourth-order valence-electron chi connectivity index (χ4n) is 3.36. The molecule has 0 aromatic carbocycles. The molecule has 0 aliphatic rings. The molecule has 0 saturated carbocycles. The van der Waals surface area contributed by atoms with Gasteiger partial charge in [0.05, 0.1) is 0 Å². The van der Waals surface area contributed by atoms with E-state index in [1.807, 2.05) is 6.08 Å². The summed E-state index contributed by atoms with van der Waals surface area (Å²) in [6.45, 7) is 7.59. The molecule has 3 amide bonds. The highest BCUT2D eigenvalue weighted by atomic mass is 16.2. The lowest BCUT2D eigenvalue weighted by Crippen LogP contribution is -2.47. The van der Waals surface area contributed by atoms with Crippen LogP contribution in [0, 0.1) is 0 Å². The standard InChI is InChI=1S/C26H49N3O3/c1-4-7-10-11-12-13-14-15-16-17-18-25(31)29-23(26(32)28-22-9-6-3)19-20-24(30)27-21-8-5-2/h17-18,23H,4-16,19-22H2,1-3H3,(H,27,30)(H,28,32)(H,29,31)/b18-17+/t23-/m0/s1. The number of hydrogen-bond donors (Lipinski definition) is 3. The number of hydrogen-bond acceptors (Lipinski definition) is 3. The maximum absolute atomic E-state index is 12.5. The van der Waals surface area contributed by atoms with Crippen LogP contribution in [-0.4, -0.2) is 36.9 Å². The zero-order valence-corrected chi connectivity index (χ0v) is 21.0. The van der Waals surface area contributed by atoms with E-state index in [4.69, 9.17) is 0 Å². The van der Waals surface area contributed by atoms with E-state index in [1.54, 1.807) is 0 Å². The molecule has 3 N–H and O–H groups in total. The van der Waals surface area contributed by atoms with Crippen LogP contribution in [0.5, 0.6) is 0 Å². The molecule has 6 nitrogen and oxygen atoms in total. The van der Waals surface area contributed by atoms with E-state index in [2.05, 4.69) is 36.7 Å². The summed E-state index contributed by atoms with van der Waals surface area (Å²) in [5.41, 5.74) is 0. The summed E-state index contributed by atoms with van der Waals surface area (Å²) in [5.74, 6) is -0.569. The topological polar surface area (TPSA) is 87.3 Å². The third-order valence-electron chi connectivity index (χ3n) is 5.47. The summed E-state index contributed by atoms with van der Waals surface area (Å²) >= 11 is 0. The quantitative estimate of drug-likeness (QED) is 0.166. The summed E-state index contributed by atoms with van der Waals surface area (Å²) < 4.78 is 0. The van der Waals surface area contributed by atoms with E-state index in [-0.39, 0.29) is 24.1 Å². The van der Waals surface area contributed by atoms with Gasteiger partial charge in [-0.25, -0.2) is 0 Å². The van der Waals surface area contributed by atoms with Gasteiger partial charge in [-0.05, 0) is 38.2 Å².